The summed E-state index contributed by atoms with van der Waals surface area (Å²) in [6, 6.07) is 10.5. The predicted octanol–water partition coefficient (Wildman–Crippen LogP) is 4.06. The highest BCUT2D eigenvalue weighted by Crippen LogP contribution is 2.35. The fourth-order valence-corrected chi connectivity index (χ4v) is 4.58. The molecule has 0 radical (unpaired) electrons. The van der Waals surface area contributed by atoms with E-state index in [2.05, 4.69) is 45.1 Å². The number of nitrogens with zero attached hydrogens (tertiary/aromatic N) is 4. The van der Waals surface area contributed by atoms with E-state index in [1.54, 1.807) is 17.7 Å². The van der Waals surface area contributed by atoms with Crippen molar-refractivity contribution < 1.29 is 0 Å². The topological polar surface area (TPSA) is 44.3 Å². The molecule has 3 heterocycles. The molecular formula is C20H24ClN5S. The number of aromatic nitrogens is 2. The Morgan fingerprint density at radius 2 is 1.89 bits per heavy atom. The fraction of sp³-hybridized carbons (Fsp3) is 0.400. The first-order valence-corrected chi connectivity index (χ1v) is 10.5. The second-order valence-electron chi connectivity index (χ2n) is 7.12. The minimum absolute atomic E-state index is 0.472. The van der Waals surface area contributed by atoms with Gasteiger partial charge in [0.1, 0.15) is 12.1 Å². The van der Waals surface area contributed by atoms with Crippen LogP contribution in [0.4, 0.5) is 5.82 Å². The van der Waals surface area contributed by atoms with Gasteiger partial charge in [-0.3, -0.25) is 4.90 Å². The molecule has 1 aliphatic heterocycles. The minimum Gasteiger partial charge on any atom is -0.367 e. The van der Waals surface area contributed by atoms with Gasteiger partial charge in [-0.05, 0) is 37.7 Å². The van der Waals surface area contributed by atoms with Crippen molar-refractivity contribution in [3.05, 3.63) is 41.7 Å². The third-order valence-corrected chi connectivity index (χ3v) is 6.60. The SMILES string of the molecule is CC(CNc1ncnc2cc(-c3ccc(Cl)cc3)sc12)N1CCN(C)CC1. The van der Waals surface area contributed by atoms with Crippen molar-refractivity contribution in [2.24, 2.45) is 0 Å². The molecule has 0 amide bonds. The van der Waals surface area contributed by atoms with Crippen molar-refractivity contribution in [2.75, 3.05) is 45.1 Å². The number of hydrogen-bond donors (Lipinski definition) is 1. The first kappa shape index (κ1) is 18.6. The summed E-state index contributed by atoms with van der Waals surface area (Å²) in [4.78, 5) is 15.0. The molecule has 2 aromatic heterocycles. The summed E-state index contributed by atoms with van der Waals surface area (Å²) in [6.45, 7) is 7.68. The molecule has 1 saturated heterocycles. The van der Waals surface area contributed by atoms with E-state index in [0.717, 1.165) is 59.3 Å². The molecule has 142 valence electrons. The first-order valence-electron chi connectivity index (χ1n) is 9.27. The van der Waals surface area contributed by atoms with Crippen LogP contribution in [0.15, 0.2) is 36.7 Å². The van der Waals surface area contributed by atoms with Gasteiger partial charge in [-0.1, -0.05) is 23.7 Å². The number of rotatable bonds is 5. The lowest BCUT2D eigenvalue weighted by Crippen LogP contribution is -2.49. The van der Waals surface area contributed by atoms with E-state index in [1.807, 2.05) is 24.3 Å². The molecule has 0 bridgehead atoms. The summed E-state index contributed by atoms with van der Waals surface area (Å²) in [5, 5.41) is 4.30. The van der Waals surface area contributed by atoms with Gasteiger partial charge in [0, 0.05) is 48.7 Å². The van der Waals surface area contributed by atoms with Crippen molar-refractivity contribution in [3.8, 4) is 10.4 Å². The fourth-order valence-electron chi connectivity index (χ4n) is 3.37. The van der Waals surface area contributed by atoms with Gasteiger partial charge in [0.2, 0.25) is 0 Å². The van der Waals surface area contributed by atoms with Crippen LogP contribution in [0.3, 0.4) is 0 Å². The van der Waals surface area contributed by atoms with Gasteiger partial charge in [-0.15, -0.1) is 11.3 Å². The largest absolute Gasteiger partial charge is 0.367 e. The molecule has 1 aromatic carbocycles. The van der Waals surface area contributed by atoms with Crippen LogP contribution in [0.1, 0.15) is 6.92 Å². The molecule has 5 nitrogen and oxygen atoms in total. The number of anilines is 1. The van der Waals surface area contributed by atoms with E-state index < -0.39 is 0 Å². The summed E-state index contributed by atoms with van der Waals surface area (Å²) in [5.74, 6) is 0.922. The van der Waals surface area contributed by atoms with Gasteiger partial charge in [0.05, 0.1) is 10.2 Å². The molecule has 7 heteroatoms. The lowest BCUT2D eigenvalue weighted by Gasteiger charge is -2.36. The van der Waals surface area contributed by atoms with Gasteiger partial charge < -0.3 is 10.2 Å². The highest BCUT2D eigenvalue weighted by atomic mass is 35.5. The maximum atomic E-state index is 6.01. The van der Waals surface area contributed by atoms with Gasteiger partial charge in [0.15, 0.2) is 0 Å². The minimum atomic E-state index is 0.472. The molecule has 1 N–H and O–H groups in total. The molecule has 4 rings (SSSR count). The molecule has 3 aromatic rings. The van der Waals surface area contributed by atoms with Gasteiger partial charge in [-0.25, -0.2) is 9.97 Å². The Bertz CT molecular complexity index is 902. The zero-order chi connectivity index (χ0) is 18.8. The summed E-state index contributed by atoms with van der Waals surface area (Å²) >= 11 is 7.73. The monoisotopic (exact) mass is 401 g/mol. The van der Waals surface area contributed by atoms with E-state index >= 15 is 0 Å². The Hall–Kier alpha value is -1.73. The number of thiophene rings is 1. The van der Waals surface area contributed by atoms with Crippen molar-refractivity contribution in [3.63, 3.8) is 0 Å². The number of fused-ring (bicyclic) bond motifs is 1. The van der Waals surface area contributed by atoms with E-state index in [1.165, 1.54) is 4.88 Å². The second kappa shape index (κ2) is 8.10. The lowest BCUT2D eigenvalue weighted by atomic mass is 10.2. The van der Waals surface area contributed by atoms with Crippen LogP contribution in [-0.4, -0.2) is 65.6 Å². The Morgan fingerprint density at radius 3 is 2.63 bits per heavy atom. The van der Waals surface area contributed by atoms with Crippen LogP contribution >= 0.6 is 22.9 Å². The molecule has 27 heavy (non-hydrogen) atoms. The number of hydrogen-bond acceptors (Lipinski definition) is 6. The maximum Gasteiger partial charge on any atom is 0.147 e. The molecular weight excluding hydrogens is 378 g/mol. The molecule has 0 spiro atoms. The number of likely N-dealkylation sites (N-methyl/N-ethyl adjacent to an activating group) is 1. The first-order chi connectivity index (χ1) is 13.1. The molecule has 1 fully saturated rings. The van der Waals surface area contributed by atoms with Crippen LogP contribution in [0.2, 0.25) is 5.02 Å². The number of nitrogens with one attached hydrogen (secondary N) is 1. The molecule has 1 unspecified atom stereocenters. The molecule has 1 aliphatic rings. The van der Waals surface area contributed by atoms with Gasteiger partial charge >= 0.3 is 0 Å². The Morgan fingerprint density at radius 1 is 1.15 bits per heavy atom. The van der Waals surface area contributed by atoms with Crippen molar-refractivity contribution in [1.82, 2.24) is 19.8 Å². The smallest absolute Gasteiger partial charge is 0.147 e. The van der Waals surface area contributed by atoms with Gasteiger partial charge in [0.25, 0.3) is 0 Å². The number of halogens is 1. The normalized spacial score (nSPS) is 17.3. The average Bonchev–Trinajstić information content (AvgIpc) is 3.12. The molecule has 0 aliphatic carbocycles. The van der Waals surface area contributed by atoms with Crippen LogP contribution < -0.4 is 5.32 Å². The zero-order valence-electron chi connectivity index (χ0n) is 15.7. The Balaban J connectivity index is 1.49. The number of piperazine rings is 1. The summed E-state index contributed by atoms with van der Waals surface area (Å²) < 4.78 is 1.10. The zero-order valence-corrected chi connectivity index (χ0v) is 17.2. The van der Waals surface area contributed by atoms with Crippen LogP contribution in [-0.2, 0) is 0 Å². The predicted molar refractivity (Wildman–Crippen MR) is 115 cm³/mol. The van der Waals surface area contributed by atoms with E-state index in [4.69, 9.17) is 11.6 Å². The average molecular weight is 402 g/mol. The standard InChI is InChI=1S/C20H24ClN5S/c1-14(26-9-7-25(2)8-10-26)12-22-20-19-17(23-13-24-20)11-18(27-19)15-3-5-16(21)6-4-15/h3-6,11,13-14H,7-10,12H2,1-2H3,(H,22,23,24). The van der Waals surface area contributed by atoms with Crippen molar-refractivity contribution >= 4 is 39.0 Å². The third kappa shape index (κ3) is 4.24. The Kier molecular flexibility index (Phi) is 5.59. The summed E-state index contributed by atoms with van der Waals surface area (Å²) in [6.07, 6.45) is 1.64. The lowest BCUT2D eigenvalue weighted by molar-refractivity contribution is 0.123. The van der Waals surface area contributed by atoms with Crippen LogP contribution in [0.5, 0.6) is 0 Å². The second-order valence-corrected chi connectivity index (χ2v) is 8.61. The molecule has 0 saturated carbocycles. The maximum absolute atomic E-state index is 6.01. The van der Waals surface area contributed by atoms with E-state index in [-0.39, 0.29) is 0 Å². The highest BCUT2D eigenvalue weighted by molar-refractivity contribution is 7.22. The van der Waals surface area contributed by atoms with E-state index in [0.29, 0.717) is 6.04 Å². The Labute approximate surface area is 169 Å². The van der Waals surface area contributed by atoms with Crippen LogP contribution in [0.25, 0.3) is 20.7 Å². The van der Waals surface area contributed by atoms with Crippen molar-refractivity contribution in [2.45, 2.75) is 13.0 Å². The summed E-state index contributed by atoms with van der Waals surface area (Å²) in [5.41, 5.74) is 2.13. The third-order valence-electron chi connectivity index (χ3n) is 5.17. The molecule has 1 atom stereocenters. The van der Waals surface area contributed by atoms with Crippen LogP contribution in [0, 0.1) is 0 Å². The quantitative estimate of drug-likeness (QED) is 0.698. The summed E-state index contributed by atoms with van der Waals surface area (Å²) in [7, 11) is 2.19. The van der Waals surface area contributed by atoms with E-state index in [9.17, 15) is 0 Å². The van der Waals surface area contributed by atoms with Crippen molar-refractivity contribution in [1.29, 1.82) is 0 Å². The number of benzene rings is 1. The van der Waals surface area contributed by atoms with Gasteiger partial charge in [-0.2, -0.15) is 0 Å². The highest BCUT2D eigenvalue weighted by Gasteiger charge is 2.19.